The van der Waals surface area contributed by atoms with E-state index in [1.165, 1.54) is 5.56 Å². The molecule has 0 bridgehead atoms. The van der Waals surface area contributed by atoms with E-state index in [1.54, 1.807) is 7.05 Å². The summed E-state index contributed by atoms with van der Waals surface area (Å²) in [4.78, 5) is 11.3. The van der Waals surface area contributed by atoms with Crippen LogP contribution < -0.4 is 10.6 Å². The summed E-state index contributed by atoms with van der Waals surface area (Å²) < 4.78 is 0. The molecule has 0 fully saturated rings. The van der Waals surface area contributed by atoms with Gasteiger partial charge in [0.15, 0.2) is 0 Å². The Bertz CT molecular complexity index is 339. The maximum Gasteiger partial charge on any atom is 0.238 e. The Morgan fingerprint density at radius 2 is 2.00 bits per heavy atom. The average Bonchev–Trinajstić information content (AvgIpc) is 2.13. The third-order valence-electron chi connectivity index (χ3n) is 2.22. The molecule has 1 rings (SSSR count). The van der Waals surface area contributed by atoms with E-state index in [2.05, 4.69) is 10.6 Å². The minimum absolute atomic E-state index is 0. The first-order valence-corrected chi connectivity index (χ1v) is 4.66. The fraction of sp³-hybridized carbons (Fsp3) is 0.364. The van der Waals surface area contributed by atoms with Crippen molar-refractivity contribution in [3.63, 3.8) is 0 Å². The van der Waals surface area contributed by atoms with Crippen LogP contribution in [0.4, 0.5) is 5.69 Å². The molecule has 0 aliphatic rings. The van der Waals surface area contributed by atoms with Gasteiger partial charge < -0.3 is 10.6 Å². The summed E-state index contributed by atoms with van der Waals surface area (Å²) in [6, 6.07) is 5.89. The lowest BCUT2D eigenvalue weighted by atomic mass is 10.1. The molecule has 0 saturated carbocycles. The molecule has 0 heterocycles. The number of rotatable bonds is 3. The number of anilines is 1. The smallest absolute Gasteiger partial charge is 0.238 e. The second-order valence-corrected chi connectivity index (χ2v) is 3.33. The SMILES string of the molecule is CNCC(=O)Nc1cccc(C)c1C.Cl. The Morgan fingerprint density at radius 3 is 2.60 bits per heavy atom. The number of carbonyl (C=O) groups is 1. The molecular weight excluding hydrogens is 212 g/mol. The maximum atomic E-state index is 11.3. The number of likely N-dealkylation sites (N-methyl/N-ethyl adjacent to an activating group) is 1. The van der Waals surface area contributed by atoms with Crippen molar-refractivity contribution in [1.82, 2.24) is 5.32 Å². The predicted octanol–water partition coefficient (Wildman–Crippen LogP) is 1.88. The lowest BCUT2D eigenvalue weighted by Gasteiger charge is -2.09. The van der Waals surface area contributed by atoms with E-state index in [1.807, 2.05) is 32.0 Å². The average molecular weight is 229 g/mol. The van der Waals surface area contributed by atoms with Crippen molar-refractivity contribution in [1.29, 1.82) is 0 Å². The van der Waals surface area contributed by atoms with Gasteiger partial charge in [0.05, 0.1) is 6.54 Å². The summed E-state index contributed by atoms with van der Waals surface area (Å²) in [6.45, 7) is 4.38. The first kappa shape index (κ1) is 13.9. The van der Waals surface area contributed by atoms with E-state index in [9.17, 15) is 4.79 Å². The van der Waals surface area contributed by atoms with Crippen molar-refractivity contribution in [3.8, 4) is 0 Å². The number of hydrogen-bond acceptors (Lipinski definition) is 2. The minimum atomic E-state index is -0.0128. The van der Waals surface area contributed by atoms with Gasteiger partial charge in [-0.3, -0.25) is 4.79 Å². The monoisotopic (exact) mass is 228 g/mol. The first-order chi connectivity index (χ1) is 6.65. The lowest BCUT2D eigenvalue weighted by molar-refractivity contribution is -0.115. The Hall–Kier alpha value is -1.06. The van der Waals surface area contributed by atoms with Crippen LogP contribution in [0.1, 0.15) is 11.1 Å². The summed E-state index contributed by atoms with van der Waals surface area (Å²) in [5, 5.41) is 5.66. The van der Waals surface area contributed by atoms with Crippen molar-refractivity contribution >= 4 is 24.0 Å². The van der Waals surface area contributed by atoms with Crippen molar-refractivity contribution in [3.05, 3.63) is 29.3 Å². The summed E-state index contributed by atoms with van der Waals surface area (Å²) >= 11 is 0. The highest BCUT2D eigenvalue weighted by molar-refractivity contribution is 5.93. The number of carbonyl (C=O) groups excluding carboxylic acids is 1. The number of amides is 1. The van der Waals surface area contributed by atoms with Gasteiger partial charge in [0.2, 0.25) is 5.91 Å². The van der Waals surface area contributed by atoms with Gasteiger partial charge in [0, 0.05) is 5.69 Å². The Kier molecular flexibility index (Phi) is 5.97. The van der Waals surface area contributed by atoms with Crippen LogP contribution in [-0.2, 0) is 4.79 Å². The number of benzene rings is 1. The maximum absolute atomic E-state index is 11.3. The van der Waals surface area contributed by atoms with Crippen molar-refractivity contribution in [2.45, 2.75) is 13.8 Å². The third-order valence-corrected chi connectivity index (χ3v) is 2.22. The summed E-state index contributed by atoms with van der Waals surface area (Å²) in [6.07, 6.45) is 0. The van der Waals surface area contributed by atoms with Crippen molar-refractivity contribution < 1.29 is 4.79 Å². The van der Waals surface area contributed by atoms with Gasteiger partial charge in [-0.05, 0) is 38.1 Å². The minimum Gasteiger partial charge on any atom is -0.325 e. The molecule has 0 aliphatic carbocycles. The van der Waals surface area contributed by atoms with E-state index in [-0.39, 0.29) is 18.3 Å². The molecule has 0 spiro atoms. The molecule has 15 heavy (non-hydrogen) atoms. The number of nitrogens with one attached hydrogen (secondary N) is 2. The molecule has 0 atom stereocenters. The highest BCUT2D eigenvalue weighted by Gasteiger charge is 2.03. The standard InChI is InChI=1S/C11H16N2O.ClH/c1-8-5-4-6-10(9(8)2)13-11(14)7-12-3;/h4-6,12H,7H2,1-3H3,(H,13,14);1H. The van der Waals surface area contributed by atoms with Crippen molar-refractivity contribution in [2.24, 2.45) is 0 Å². The van der Waals surface area contributed by atoms with E-state index >= 15 is 0 Å². The van der Waals surface area contributed by atoms with E-state index in [0.717, 1.165) is 11.3 Å². The Balaban J connectivity index is 0.00000196. The van der Waals surface area contributed by atoms with Gasteiger partial charge in [-0.15, -0.1) is 12.4 Å². The molecule has 84 valence electrons. The Labute approximate surface area is 96.7 Å². The molecule has 1 aromatic rings. The molecule has 1 amide bonds. The van der Waals surface area contributed by atoms with Crippen LogP contribution in [0.15, 0.2) is 18.2 Å². The van der Waals surface area contributed by atoms with Crippen LogP contribution in [0.5, 0.6) is 0 Å². The quantitative estimate of drug-likeness (QED) is 0.830. The van der Waals surface area contributed by atoms with Gasteiger partial charge in [0.25, 0.3) is 0 Å². The second-order valence-electron chi connectivity index (χ2n) is 3.33. The highest BCUT2D eigenvalue weighted by atomic mass is 35.5. The molecule has 4 heteroatoms. The molecule has 1 aromatic carbocycles. The van der Waals surface area contributed by atoms with Gasteiger partial charge in [0.1, 0.15) is 0 Å². The highest BCUT2D eigenvalue weighted by Crippen LogP contribution is 2.17. The van der Waals surface area contributed by atoms with Crippen LogP contribution in [0.3, 0.4) is 0 Å². The topological polar surface area (TPSA) is 41.1 Å². The molecule has 0 radical (unpaired) electrons. The van der Waals surface area contributed by atoms with E-state index < -0.39 is 0 Å². The largest absolute Gasteiger partial charge is 0.325 e. The molecule has 3 nitrogen and oxygen atoms in total. The van der Waals surface area contributed by atoms with Crippen LogP contribution >= 0.6 is 12.4 Å². The van der Waals surface area contributed by atoms with Crippen molar-refractivity contribution in [2.75, 3.05) is 18.9 Å². The van der Waals surface area contributed by atoms with Crippen LogP contribution in [0, 0.1) is 13.8 Å². The molecule has 2 N–H and O–H groups in total. The number of aryl methyl sites for hydroxylation is 1. The van der Waals surface area contributed by atoms with Crippen LogP contribution in [0.25, 0.3) is 0 Å². The zero-order valence-corrected chi connectivity index (χ0v) is 10.1. The molecule has 0 unspecified atom stereocenters. The van der Waals surface area contributed by atoms with Gasteiger partial charge in [-0.25, -0.2) is 0 Å². The Morgan fingerprint density at radius 1 is 1.33 bits per heavy atom. The zero-order chi connectivity index (χ0) is 10.6. The van der Waals surface area contributed by atoms with Crippen LogP contribution in [0.2, 0.25) is 0 Å². The van der Waals surface area contributed by atoms with E-state index in [4.69, 9.17) is 0 Å². The van der Waals surface area contributed by atoms with Crippen LogP contribution in [-0.4, -0.2) is 19.5 Å². The first-order valence-electron chi connectivity index (χ1n) is 4.66. The van der Waals surface area contributed by atoms with Gasteiger partial charge in [-0.1, -0.05) is 12.1 Å². The normalized spacial score (nSPS) is 9.27. The third kappa shape index (κ3) is 3.90. The summed E-state index contributed by atoms with van der Waals surface area (Å²) in [5.41, 5.74) is 3.20. The van der Waals surface area contributed by atoms with Gasteiger partial charge >= 0.3 is 0 Å². The molecule has 0 saturated heterocycles. The summed E-state index contributed by atoms with van der Waals surface area (Å²) in [7, 11) is 1.75. The van der Waals surface area contributed by atoms with E-state index in [0.29, 0.717) is 6.54 Å². The number of halogens is 1. The molecule has 0 aliphatic heterocycles. The molecular formula is C11H17ClN2O. The lowest BCUT2D eigenvalue weighted by Crippen LogP contribution is -2.25. The predicted molar refractivity (Wildman–Crippen MR) is 65.7 cm³/mol. The molecule has 0 aromatic heterocycles. The fourth-order valence-corrected chi connectivity index (χ4v) is 1.24. The summed E-state index contributed by atoms with van der Waals surface area (Å²) in [5.74, 6) is -0.0128. The number of hydrogen-bond donors (Lipinski definition) is 2. The van der Waals surface area contributed by atoms with Gasteiger partial charge in [-0.2, -0.15) is 0 Å². The fourth-order valence-electron chi connectivity index (χ4n) is 1.24. The zero-order valence-electron chi connectivity index (χ0n) is 9.26. The second kappa shape index (κ2) is 6.43.